The average molecular weight is 314 g/mol. The van der Waals surface area contributed by atoms with E-state index in [1.165, 1.54) is 11.8 Å². The Balaban J connectivity index is 1.85. The molecule has 112 valence electrons. The van der Waals surface area contributed by atoms with Gasteiger partial charge in [-0.3, -0.25) is 0 Å². The topological polar surface area (TPSA) is 63.4 Å². The van der Waals surface area contributed by atoms with E-state index in [1.54, 1.807) is 11.4 Å². The minimum absolute atomic E-state index is 0.123. The molecule has 1 saturated carbocycles. The van der Waals surface area contributed by atoms with Crippen LogP contribution in [0.3, 0.4) is 0 Å². The van der Waals surface area contributed by atoms with Gasteiger partial charge >= 0.3 is 0 Å². The highest BCUT2D eigenvalue weighted by Crippen LogP contribution is 2.35. The van der Waals surface area contributed by atoms with E-state index in [2.05, 4.69) is 0 Å². The average Bonchev–Trinajstić information content (AvgIpc) is 3.21. The van der Waals surface area contributed by atoms with Gasteiger partial charge in [0.1, 0.15) is 0 Å². The summed E-state index contributed by atoms with van der Waals surface area (Å²) in [5.41, 5.74) is 6.41. The summed E-state index contributed by atoms with van der Waals surface area (Å²) in [5, 5.41) is 0. The first-order valence-corrected chi connectivity index (χ1v) is 9.43. The van der Waals surface area contributed by atoms with Gasteiger partial charge in [-0.1, -0.05) is 6.07 Å². The highest BCUT2D eigenvalue weighted by Gasteiger charge is 2.34. The van der Waals surface area contributed by atoms with Crippen LogP contribution in [0, 0.1) is 5.92 Å². The Bertz CT molecular complexity index is 556. The van der Waals surface area contributed by atoms with E-state index in [0.29, 0.717) is 17.4 Å². The third-order valence-corrected chi connectivity index (χ3v) is 6.97. The van der Waals surface area contributed by atoms with Gasteiger partial charge in [0.25, 0.3) is 0 Å². The van der Waals surface area contributed by atoms with Crippen molar-refractivity contribution >= 4 is 27.5 Å². The fourth-order valence-corrected chi connectivity index (χ4v) is 4.91. The number of hydrogen-bond acceptors (Lipinski definition) is 4. The predicted molar refractivity (Wildman–Crippen MR) is 85.3 cm³/mol. The lowest BCUT2D eigenvalue weighted by molar-refractivity contribution is 0.357. The molecule has 1 unspecified atom stereocenters. The van der Waals surface area contributed by atoms with Gasteiger partial charge in [0.05, 0.1) is 5.75 Å². The zero-order valence-corrected chi connectivity index (χ0v) is 13.6. The third kappa shape index (κ3) is 4.14. The van der Waals surface area contributed by atoms with E-state index < -0.39 is 10.0 Å². The zero-order valence-electron chi connectivity index (χ0n) is 12.0. The number of benzene rings is 1. The maximum Gasteiger partial charge on any atom is 0.214 e. The van der Waals surface area contributed by atoms with Crippen LogP contribution in [-0.2, 0) is 10.0 Å². The molecule has 0 amide bonds. The van der Waals surface area contributed by atoms with Crippen molar-refractivity contribution < 1.29 is 8.42 Å². The maximum atomic E-state index is 12.2. The molecule has 20 heavy (non-hydrogen) atoms. The molecule has 0 heterocycles. The number of nitrogens with two attached hydrogens (primary N) is 1. The molecule has 1 atom stereocenters. The lowest BCUT2D eigenvalue weighted by atomic mass is 10.2. The van der Waals surface area contributed by atoms with Crippen LogP contribution in [0.5, 0.6) is 0 Å². The standard InChI is InChI=1S/C14H22N2O2S2/c1-11(12-6-7-12)16(2)20(17,18)9-8-19-14-5-3-4-13(15)10-14/h3-5,10-12H,6-9,15H2,1-2H3. The second kappa shape index (κ2) is 6.37. The zero-order chi connectivity index (χ0) is 14.8. The van der Waals surface area contributed by atoms with Crippen molar-refractivity contribution in [1.29, 1.82) is 0 Å². The van der Waals surface area contributed by atoms with Crippen LogP contribution < -0.4 is 5.73 Å². The van der Waals surface area contributed by atoms with Crippen molar-refractivity contribution in [3.8, 4) is 0 Å². The van der Waals surface area contributed by atoms with Crippen LogP contribution in [0.1, 0.15) is 19.8 Å². The van der Waals surface area contributed by atoms with Gasteiger partial charge in [0.2, 0.25) is 10.0 Å². The first-order valence-electron chi connectivity index (χ1n) is 6.84. The summed E-state index contributed by atoms with van der Waals surface area (Å²) in [6, 6.07) is 7.65. The summed E-state index contributed by atoms with van der Waals surface area (Å²) in [6.45, 7) is 2.00. The Morgan fingerprint density at radius 1 is 1.45 bits per heavy atom. The van der Waals surface area contributed by atoms with Gasteiger partial charge in [-0.25, -0.2) is 12.7 Å². The number of nitrogen functional groups attached to an aromatic ring is 1. The highest BCUT2D eigenvalue weighted by atomic mass is 32.2. The Labute approximate surface area is 125 Å². The van der Waals surface area contributed by atoms with Crippen molar-refractivity contribution in [2.75, 3.05) is 24.3 Å². The molecule has 6 heteroatoms. The van der Waals surface area contributed by atoms with Crippen molar-refractivity contribution in [1.82, 2.24) is 4.31 Å². The van der Waals surface area contributed by atoms with E-state index in [0.717, 1.165) is 17.7 Å². The van der Waals surface area contributed by atoms with Crippen LogP contribution in [0.4, 0.5) is 5.69 Å². The monoisotopic (exact) mass is 314 g/mol. The molecule has 0 saturated heterocycles. The number of hydrogen-bond donors (Lipinski definition) is 1. The number of nitrogens with zero attached hydrogens (tertiary/aromatic N) is 1. The Morgan fingerprint density at radius 2 is 2.15 bits per heavy atom. The molecule has 0 radical (unpaired) electrons. The molecule has 1 aromatic rings. The Morgan fingerprint density at radius 3 is 2.75 bits per heavy atom. The van der Waals surface area contributed by atoms with Crippen LogP contribution in [0.15, 0.2) is 29.2 Å². The molecule has 0 spiro atoms. The van der Waals surface area contributed by atoms with Gasteiger partial charge in [-0.05, 0) is 43.9 Å². The molecule has 1 fully saturated rings. The first-order chi connectivity index (χ1) is 9.40. The van der Waals surface area contributed by atoms with Crippen LogP contribution >= 0.6 is 11.8 Å². The lowest BCUT2D eigenvalue weighted by Crippen LogP contribution is -2.38. The van der Waals surface area contributed by atoms with Crippen LogP contribution in [0.2, 0.25) is 0 Å². The summed E-state index contributed by atoms with van der Waals surface area (Å²) in [7, 11) is -1.47. The van der Waals surface area contributed by atoms with Gasteiger partial charge in [-0.2, -0.15) is 0 Å². The molecule has 4 nitrogen and oxygen atoms in total. The van der Waals surface area contributed by atoms with Crippen molar-refractivity contribution in [2.45, 2.75) is 30.7 Å². The summed E-state index contributed by atoms with van der Waals surface area (Å²) in [5.74, 6) is 1.27. The first kappa shape index (κ1) is 15.7. The van der Waals surface area contributed by atoms with E-state index >= 15 is 0 Å². The summed E-state index contributed by atoms with van der Waals surface area (Å²) < 4.78 is 26.0. The van der Waals surface area contributed by atoms with Gasteiger partial charge in [0.15, 0.2) is 0 Å². The van der Waals surface area contributed by atoms with Gasteiger partial charge < -0.3 is 5.73 Å². The molecule has 1 aliphatic carbocycles. The minimum atomic E-state index is -3.16. The number of sulfonamides is 1. The van der Waals surface area contributed by atoms with Gasteiger partial charge in [0, 0.05) is 29.4 Å². The second-order valence-corrected chi connectivity index (χ2v) is 8.65. The van der Waals surface area contributed by atoms with Crippen molar-refractivity contribution in [2.24, 2.45) is 5.92 Å². The quantitative estimate of drug-likeness (QED) is 0.620. The normalized spacial score (nSPS) is 17.4. The molecule has 2 N–H and O–H groups in total. The van der Waals surface area contributed by atoms with E-state index in [4.69, 9.17) is 5.73 Å². The minimum Gasteiger partial charge on any atom is -0.399 e. The molecular weight excluding hydrogens is 292 g/mol. The van der Waals surface area contributed by atoms with E-state index in [9.17, 15) is 8.42 Å². The van der Waals surface area contributed by atoms with E-state index in [-0.39, 0.29) is 11.8 Å². The molecular formula is C14H22N2O2S2. The molecule has 0 aromatic heterocycles. The molecule has 2 rings (SSSR count). The van der Waals surface area contributed by atoms with E-state index in [1.807, 2.05) is 31.2 Å². The second-order valence-electron chi connectivity index (χ2n) is 5.33. The Hall–Kier alpha value is -0.720. The largest absolute Gasteiger partial charge is 0.399 e. The fraction of sp³-hybridized carbons (Fsp3) is 0.571. The summed E-state index contributed by atoms with van der Waals surface area (Å²) in [6.07, 6.45) is 2.30. The van der Waals surface area contributed by atoms with Crippen molar-refractivity contribution in [3.05, 3.63) is 24.3 Å². The third-order valence-electron chi connectivity index (χ3n) is 3.78. The van der Waals surface area contributed by atoms with Crippen molar-refractivity contribution in [3.63, 3.8) is 0 Å². The van der Waals surface area contributed by atoms with Crippen LogP contribution in [-0.4, -0.2) is 37.3 Å². The summed E-state index contributed by atoms with van der Waals surface area (Å²) >= 11 is 1.53. The molecule has 1 aliphatic rings. The fourth-order valence-electron chi connectivity index (χ4n) is 2.14. The maximum absolute atomic E-state index is 12.2. The molecule has 0 bridgehead atoms. The van der Waals surface area contributed by atoms with Gasteiger partial charge in [-0.15, -0.1) is 11.8 Å². The summed E-state index contributed by atoms with van der Waals surface area (Å²) in [4.78, 5) is 1.01. The van der Waals surface area contributed by atoms with Crippen LogP contribution in [0.25, 0.3) is 0 Å². The SMILES string of the molecule is CC(C1CC1)N(C)S(=O)(=O)CCSc1cccc(N)c1. The highest BCUT2D eigenvalue weighted by molar-refractivity contribution is 8.00. The number of thioether (sulfide) groups is 1. The Kier molecular flexibility index (Phi) is 4.99. The lowest BCUT2D eigenvalue weighted by Gasteiger charge is -2.24. The number of rotatable bonds is 7. The molecule has 1 aromatic carbocycles. The predicted octanol–water partition coefficient (Wildman–Crippen LogP) is 2.42. The molecule has 0 aliphatic heterocycles. The smallest absolute Gasteiger partial charge is 0.214 e. The number of anilines is 1.